The highest BCUT2D eigenvalue weighted by atomic mass is 127. The molecule has 136 valence electrons. The SMILES string of the molecule is CCN=C(NC1C(C)(C)C1(C)C)N1CCS(=O)(=O)C(C)(C)C1.I. The summed E-state index contributed by atoms with van der Waals surface area (Å²) in [4.78, 5) is 6.72. The van der Waals surface area contributed by atoms with Crippen LogP contribution < -0.4 is 5.32 Å². The first-order chi connectivity index (χ1) is 9.87. The summed E-state index contributed by atoms with van der Waals surface area (Å²) in [5.41, 5.74) is 0.442. The molecular weight excluding hydrogens is 425 g/mol. The molecule has 2 fully saturated rings. The standard InChI is InChI=1S/C16H31N3O2S.HI/c1-8-17-13(18-12-15(4,5)16(12,6)7)19-9-10-22(20,21)14(2,3)11-19;/h12H,8-11H2,1-7H3,(H,17,18);1H. The van der Waals surface area contributed by atoms with Gasteiger partial charge in [0.25, 0.3) is 0 Å². The van der Waals surface area contributed by atoms with Gasteiger partial charge in [0.2, 0.25) is 0 Å². The van der Waals surface area contributed by atoms with Crippen molar-refractivity contribution in [3.05, 3.63) is 0 Å². The molecule has 2 rings (SSSR count). The van der Waals surface area contributed by atoms with Crippen LogP contribution in [0.3, 0.4) is 0 Å². The van der Waals surface area contributed by atoms with Gasteiger partial charge in [-0.05, 0) is 31.6 Å². The molecule has 0 spiro atoms. The number of sulfone groups is 1. The van der Waals surface area contributed by atoms with Gasteiger partial charge in [0, 0.05) is 25.7 Å². The van der Waals surface area contributed by atoms with Gasteiger partial charge in [0.1, 0.15) is 0 Å². The Balaban J connectivity index is 0.00000264. The van der Waals surface area contributed by atoms with E-state index in [9.17, 15) is 8.42 Å². The van der Waals surface area contributed by atoms with E-state index in [1.807, 2.05) is 20.8 Å². The minimum atomic E-state index is -3.03. The molecule has 0 amide bonds. The van der Waals surface area contributed by atoms with E-state index in [1.165, 1.54) is 0 Å². The van der Waals surface area contributed by atoms with Gasteiger partial charge in [-0.1, -0.05) is 27.7 Å². The van der Waals surface area contributed by atoms with Crippen molar-refractivity contribution in [3.63, 3.8) is 0 Å². The summed E-state index contributed by atoms with van der Waals surface area (Å²) in [6.07, 6.45) is 0. The fourth-order valence-electron chi connectivity index (χ4n) is 3.40. The van der Waals surface area contributed by atoms with Crippen molar-refractivity contribution in [2.24, 2.45) is 15.8 Å². The molecule has 23 heavy (non-hydrogen) atoms. The van der Waals surface area contributed by atoms with E-state index in [2.05, 4.69) is 42.9 Å². The van der Waals surface area contributed by atoms with Gasteiger partial charge in [-0.2, -0.15) is 0 Å². The maximum Gasteiger partial charge on any atom is 0.194 e. The lowest BCUT2D eigenvalue weighted by Crippen LogP contribution is -2.57. The molecule has 0 aromatic rings. The molecule has 1 aliphatic carbocycles. The quantitative estimate of drug-likeness (QED) is 0.393. The summed E-state index contributed by atoms with van der Waals surface area (Å²) in [5.74, 6) is 1.05. The Kier molecular flexibility index (Phi) is 5.80. The number of aliphatic imine (C=N–C) groups is 1. The van der Waals surface area contributed by atoms with E-state index < -0.39 is 14.6 Å². The van der Waals surface area contributed by atoms with E-state index in [1.54, 1.807) is 0 Å². The Labute approximate surface area is 158 Å². The summed E-state index contributed by atoms with van der Waals surface area (Å²) in [7, 11) is -3.03. The maximum absolute atomic E-state index is 12.2. The third-order valence-electron chi connectivity index (χ3n) is 5.95. The Morgan fingerprint density at radius 1 is 1.17 bits per heavy atom. The van der Waals surface area contributed by atoms with Gasteiger partial charge in [0.05, 0.1) is 10.5 Å². The molecule has 1 aliphatic heterocycles. The summed E-state index contributed by atoms with van der Waals surface area (Å²) < 4.78 is 23.6. The number of guanidine groups is 1. The van der Waals surface area contributed by atoms with Crippen molar-refractivity contribution in [1.29, 1.82) is 0 Å². The van der Waals surface area contributed by atoms with Crippen LogP contribution in [-0.2, 0) is 9.84 Å². The molecule has 7 heteroatoms. The van der Waals surface area contributed by atoms with Gasteiger partial charge >= 0.3 is 0 Å². The van der Waals surface area contributed by atoms with Crippen LogP contribution in [0.25, 0.3) is 0 Å². The molecule has 1 saturated carbocycles. The first-order valence-electron chi connectivity index (χ1n) is 8.15. The lowest BCUT2D eigenvalue weighted by molar-refractivity contribution is 0.350. The van der Waals surface area contributed by atoms with Gasteiger partial charge in [-0.25, -0.2) is 8.42 Å². The van der Waals surface area contributed by atoms with Crippen LogP contribution >= 0.6 is 24.0 Å². The van der Waals surface area contributed by atoms with Gasteiger partial charge in [-0.3, -0.25) is 4.99 Å². The molecular formula is C16H32IN3O2S. The van der Waals surface area contributed by atoms with Crippen molar-refractivity contribution in [1.82, 2.24) is 10.2 Å². The minimum absolute atomic E-state index is 0. The lowest BCUT2D eigenvalue weighted by Gasteiger charge is -2.39. The normalized spacial score (nSPS) is 28.0. The second-order valence-corrected chi connectivity index (χ2v) is 11.1. The predicted molar refractivity (Wildman–Crippen MR) is 107 cm³/mol. The first kappa shape index (κ1) is 21.0. The van der Waals surface area contributed by atoms with Crippen LogP contribution in [0.4, 0.5) is 0 Å². The van der Waals surface area contributed by atoms with Crippen molar-refractivity contribution in [2.45, 2.75) is 59.3 Å². The molecule has 2 aliphatic rings. The number of halogens is 1. The molecule has 5 nitrogen and oxygen atoms in total. The highest BCUT2D eigenvalue weighted by Crippen LogP contribution is 2.62. The van der Waals surface area contributed by atoms with Crippen LogP contribution in [0.5, 0.6) is 0 Å². The molecule has 0 unspecified atom stereocenters. The molecule has 0 atom stereocenters. The third-order valence-corrected chi connectivity index (χ3v) is 8.48. The van der Waals surface area contributed by atoms with Gasteiger partial charge in [0.15, 0.2) is 15.8 Å². The minimum Gasteiger partial charge on any atom is -0.352 e. The zero-order chi connectivity index (χ0) is 17.0. The molecule has 0 aromatic carbocycles. The molecule has 0 aromatic heterocycles. The molecule has 0 bridgehead atoms. The number of hydrogen-bond acceptors (Lipinski definition) is 3. The average Bonchev–Trinajstić information content (AvgIpc) is 2.74. The highest BCUT2D eigenvalue weighted by Gasteiger charge is 2.65. The fraction of sp³-hybridized carbons (Fsp3) is 0.938. The highest BCUT2D eigenvalue weighted by molar-refractivity contribution is 14.0. The number of nitrogens with zero attached hydrogens (tertiary/aromatic N) is 2. The van der Waals surface area contributed by atoms with Crippen molar-refractivity contribution >= 4 is 39.8 Å². The largest absolute Gasteiger partial charge is 0.352 e. The lowest BCUT2D eigenvalue weighted by atomic mass is 10.0. The van der Waals surface area contributed by atoms with Crippen molar-refractivity contribution < 1.29 is 8.42 Å². The monoisotopic (exact) mass is 457 g/mol. The summed E-state index contributed by atoms with van der Waals surface area (Å²) in [6.45, 7) is 16.4. The topological polar surface area (TPSA) is 61.8 Å². The van der Waals surface area contributed by atoms with E-state index in [0.29, 0.717) is 25.7 Å². The van der Waals surface area contributed by atoms with Crippen LogP contribution in [0.2, 0.25) is 0 Å². The zero-order valence-corrected chi connectivity index (χ0v) is 18.6. The number of nitrogens with one attached hydrogen (secondary N) is 1. The maximum atomic E-state index is 12.2. The Bertz CT molecular complexity index is 568. The zero-order valence-electron chi connectivity index (χ0n) is 15.4. The number of rotatable bonds is 2. The smallest absolute Gasteiger partial charge is 0.194 e. The van der Waals surface area contributed by atoms with Crippen molar-refractivity contribution in [3.8, 4) is 0 Å². The van der Waals surface area contributed by atoms with Gasteiger partial charge < -0.3 is 10.2 Å². The van der Waals surface area contributed by atoms with E-state index in [-0.39, 0.29) is 40.6 Å². The summed E-state index contributed by atoms with van der Waals surface area (Å²) >= 11 is 0. The van der Waals surface area contributed by atoms with Crippen LogP contribution in [-0.4, -0.2) is 55.5 Å². The predicted octanol–water partition coefficient (Wildman–Crippen LogP) is 2.51. The van der Waals surface area contributed by atoms with E-state index >= 15 is 0 Å². The van der Waals surface area contributed by atoms with E-state index in [0.717, 1.165) is 5.96 Å². The second kappa shape index (κ2) is 6.35. The first-order valence-corrected chi connectivity index (χ1v) is 9.80. The van der Waals surface area contributed by atoms with Crippen LogP contribution in [0, 0.1) is 10.8 Å². The average molecular weight is 457 g/mol. The molecule has 1 heterocycles. The fourth-order valence-corrected chi connectivity index (χ4v) is 4.76. The Hall–Kier alpha value is -0.0500. The van der Waals surface area contributed by atoms with Gasteiger partial charge in [-0.15, -0.1) is 24.0 Å². The number of hydrogen-bond donors (Lipinski definition) is 1. The van der Waals surface area contributed by atoms with Crippen LogP contribution in [0.1, 0.15) is 48.5 Å². The Morgan fingerprint density at radius 2 is 1.70 bits per heavy atom. The third kappa shape index (κ3) is 3.50. The molecule has 0 radical (unpaired) electrons. The molecule has 1 N–H and O–H groups in total. The summed E-state index contributed by atoms with van der Waals surface area (Å²) in [6, 6.07) is 0.368. The van der Waals surface area contributed by atoms with E-state index in [4.69, 9.17) is 0 Å². The summed E-state index contributed by atoms with van der Waals surface area (Å²) in [5, 5.41) is 3.59. The van der Waals surface area contributed by atoms with Crippen molar-refractivity contribution in [2.75, 3.05) is 25.4 Å². The molecule has 1 saturated heterocycles. The second-order valence-electron chi connectivity index (χ2n) is 8.32. The van der Waals surface area contributed by atoms with Crippen LogP contribution in [0.15, 0.2) is 4.99 Å². The Morgan fingerprint density at radius 3 is 2.09 bits per heavy atom.